The summed E-state index contributed by atoms with van der Waals surface area (Å²) in [6.07, 6.45) is 3.87. The van der Waals surface area contributed by atoms with Crippen LogP contribution in [0.25, 0.3) is 0 Å². The maximum Gasteiger partial charge on any atom is 0.264 e. The van der Waals surface area contributed by atoms with Gasteiger partial charge in [-0.25, -0.2) is 0 Å². The molecule has 12 nitrogen and oxygen atoms in total. The number of benzene rings is 5. The van der Waals surface area contributed by atoms with Crippen LogP contribution >= 0.6 is 0 Å². The molecular weight excluding hydrogens is 721 g/mol. The third kappa shape index (κ3) is 7.99. The number of carbonyl (C=O) groups excluding carboxylic acids is 4. The molecule has 3 atom stereocenters. The molecule has 0 unspecified atom stereocenters. The minimum atomic E-state index is -2.05. The van der Waals surface area contributed by atoms with Crippen molar-refractivity contribution in [2.45, 2.75) is 44.5 Å². The SMILES string of the molecule is C[C@H](/C=C/CC(=O)N1Cc2ccccc2C[C@H]1CO)[C@@]1(O)C(=O)N(Cc2ccc(NC(=O)c3ccc(N)cc3)cc2)c2ccc(NC(=O)c3ccc(N)cc3)cc21. The van der Waals surface area contributed by atoms with Crippen LogP contribution in [0.5, 0.6) is 0 Å². The largest absolute Gasteiger partial charge is 0.399 e. The van der Waals surface area contributed by atoms with Gasteiger partial charge in [-0.15, -0.1) is 0 Å². The van der Waals surface area contributed by atoms with E-state index in [1.807, 2.05) is 24.3 Å². The second-order valence-electron chi connectivity index (χ2n) is 14.5. The minimum absolute atomic E-state index is 0.00273. The molecule has 8 N–H and O–H groups in total. The van der Waals surface area contributed by atoms with Crippen molar-refractivity contribution in [2.24, 2.45) is 5.92 Å². The molecular formula is C45H44N6O6. The van der Waals surface area contributed by atoms with Gasteiger partial charge in [0.05, 0.1) is 24.9 Å². The number of anilines is 5. The first kappa shape index (κ1) is 38.5. The Labute approximate surface area is 330 Å². The molecule has 0 bridgehead atoms. The van der Waals surface area contributed by atoms with Gasteiger partial charge in [0.25, 0.3) is 17.7 Å². The fraction of sp³-hybridized carbons (Fsp3) is 0.200. The lowest BCUT2D eigenvalue weighted by Crippen LogP contribution is -2.46. The summed E-state index contributed by atoms with van der Waals surface area (Å²) < 4.78 is 0. The first-order chi connectivity index (χ1) is 27.4. The average Bonchev–Trinajstić information content (AvgIpc) is 3.43. The van der Waals surface area contributed by atoms with Crippen molar-refractivity contribution < 1.29 is 29.4 Å². The third-order valence-corrected chi connectivity index (χ3v) is 10.7. The van der Waals surface area contributed by atoms with Gasteiger partial charge in [-0.05, 0) is 102 Å². The number of nitrogens with two attached hydrogens (primary N) is 2. The molecule has 5 aromatic carbocycles. The Balaban J connectivity index is 1.12. The van der Waals surface area contributed by atoms with E-state index in [-0.39, 0.29) is 37.4 Å². The van der Waals surface area contributed by atoms with Crippen LogP contribution in [0.2, 0.25) is 0 Å². The first-order valence-corrected chi connectivity index (χ1v) is 18.7. The number of nitrogens with zero attached hydrogens (tertiary/aromatic N) is 2. The lowest BCUT2D eigenvalue weighted by Gasteiger charge is -2.36. The van der Waals surface area contributed by atoms with E-state index >= 15 is 0 Å². The van der Waals surface area contributed by atoms with Crippen molar-refractivity contribution in [3.63, 3.8) is 0 Å². The summed E-state index contributed by atoms with van der Waals surface area (Å²) in [7, 11) is 0. The third-order valence-electron chi connectivity index (χ3n) is 10.7. The van der Waals surface area contributed by atoms with E-state index in [4.69, 9.17) is 11.5 Å². The Morgan fingerprint density at radius 3 is 2.02 bits per heavy atom. The van der Waals surface area contributed by atoms with E-state index in [1.165, 1.54) is 4.90 Å². The number of nitrogen functional groups attached to an aromatic ring is 2. The quantitative estimate of drug-likeness (QED) is 0.0738. The maximum absolute atomic E-state index is 14.4. The number of hydrogen-bond acceptors (Lipinski definition) is 8. The van der Waals surface area contributed by atoms with Gasteiger partial charge in [-0.1, -0.05) is 55.5 Å². The smallest absolute Gasteiger partial charge is 0.264 e. The number of hydrogen-bond donors (Lipinski definition) is 6. The molecule has 2 aliphatic heterocycles. The standard InChI is InChI=1S/C45H44N6O6/c1-28(5-4-8-41(53)50-26-33-7-3-2-6-32(33)23-38(50)27-52)45(57)39-24-37(49-43(55)31-13-17-35(47)18-14-31)21-22-40(39)51(44(45)56)25-29-9-19-36(20-10-29)48-42(54)30-11-15-34(46)16-12-30/h2-7,9-22,24,28,38,52,57H,8,23,25-27,46-47H2,1H3,(H,48,54)(H,49,55)/b5-4+/t28-,38+,45+/m1/s1. The van der Waals surface area contributed by atoms with Crippen molar-refractivity contribution in [3.8, 4) is 0 Å². The van der Waals surface area contributed by atoms with Gasteiger partial charge in [0.1, 0.15) is 0 Å². The Morgan fingerprint density at radius 1 is 0.825 bits per heavy atom. The van der Waals surface area contributed by atoms with Crippen LogP contribution in [-0.4, -0.2) is 51.4 Å². The number of fused-ring (bicyclic) bond motifs is 2. The normalized spacial score (nSPS) is 17.9. The van der Waals surface area contributed by atoms with Crippen molar-refractivity contribution >= 4 is 52.1 Å². The van der Waals surface area contributed by atoms with E-state index in [9.17, 15) is 29.4 Å². The van der Waals surface area contributed by atoms with Crippen LogP contribution in [0.4, 0.5) is 28.4 Å². The van der Waals surface area contributed by atoms with Crippen molar-refractivity contribution in [3.05, 3.63) is 161 Å². The second-order valence-corrected chi connectivity index (χ2v) is 14.5. The van der Waals surface area contributed by atoms with Gasteiger partial charge in [-0.3, -0.25) is 19.2 Å². The van der Waals surface area contributed by atoms with Crippen LogP contribution in [0.3, 0.4) is 0 Å². The van der Waals surface area contributed by atoms with Gasteiger partial charge in [-0.2, -0.15) is 0 Å². The molecule has 0 aromatic heterocycles. The molecule has 2 heterocycles. The molecule has 4 amide bonds. The van der Waals surface area contributed by atoms with Crippen molar-refractivity contribution in [1.82, 2.24) is 4.90 Å². The fourth-order valence-corrected chi connectivity index (χ4v) is 7.41. The number of rotatable bonds is 11. The number of amides is 4. The predicted molar refractivity (Wildman–Crippen MR) is 220 cm³/mol. The average molecular weight is 765 g/mol. The van der Waals surface area contributed by atoms with Crippen LogP contribution in [0, 0.1) is 5.92 Å². The summed E-state index contributed by atoms with van der Waals surface area (Å²) in [5, 5.41) is 28.3. The molecule has 0 saturated heterocycles. The molecule has 0 spiro atoms. The summed E-state index contributed by atoms with van der Waals surface area (Å²) in [5.74, 6) is -2.24. The summed E-state index contributed by atoms with van der Waals surface area (Å²) >= 11 is 0. The van der Waals surface area contributed by atoms with E-state index in [0.717, 1.165) is 16.7 Å². The molecule has 0 radical (unpaired) electrons. The molecule has 5 aromatic rings. The van der Waals surface area contributed by atoms with Crippen LogP contribution in [-0.2, 0) is 34.7 Å². The highest BCUT2D eigenvalue weighted by atomic mass is 16.3. The highest BCUT2D eigenvalue weighted by Crippen LogP contribution is 2.47. The molecule has 2 aliphatic rings. The Hall–Kier alpha value is -6.76. The Kier molecular flexibility index (Phi) is 10.9. The zero-order valence-corrected chi connectivity index (χ0v) is 31.4. The number of aliphatic hydroxyl groups is 2. The zero-order chi connectivity index (χ0) is 40.3. The monoisotopic (exact) mass is 764 g/mol. The molecule has 290 valence electrons. The molecule has 12 heteroatoms. The number of nitrogens with one attached hydrogen (secondary N) is 2. The van der Waals surface area contributed by atoms with E-state index in [2.05, 4.69) is 10.6 Å². The number of aliphatic hydroxyl groups excluding tert-OH is 1. The van der Waals surface area contributed by atoms with Crippen LogP contribution < -0.4 is 27.0 Å². The fourth-order valence-electron chi connectivity index (χ4n) is 7.41. The minimum Gasteiger partial charge on any atom is -0.399 e. The van der Waals surface area contributed by atoms with E-state index < -0.39 is 23.3 Å². The van der Waals surface area contributed by atoms with Gasteiger partial charge in [0.2, 0.25) is 5.91 Å². The highest BCUT2D eigenvalue weighted by Gasteiger charge is 2.52. The lowest BCUT2D eigenvalue weighted by atomic mass is 9.82. The Bertz CT molecular complexity index is 2340. The molecule has 57 heavy (non-hydrogen) atoms. The summed E-state index contributed by atoms with van der Waals surface area (Å²) in [5.41, 5.74) is 16.0. The van der Waals surface area contributed by atoms with Crippen molar-refractivity contribution in [2.75, 3.05) is 33.6 Å². The zero-order valence-electron chi connectivity index (χ0n) is 31.4. The van der Waals surface area contributed by atoms with Crippen molar-refractivity contribution in [1.29, 1.82) is 0 Å². The summed E-state index contributed by atoms with van der Waals surface area (Å²) in [6.45, 7) is 2.03. The Morgan fingerprint density at radius 2 is 1.40 bits per heavy atom. The second kappa shape index (κ2) is 16.1. The van der Waals surface area contributed by atoms with E-state index in [0.29, 0.717) is 58.1 Å². The van der Waals surface area contributed by atoms with Gasteiger partial charge in [0, 0.05) is 58.3 Å². The topological polar surface area (TPSA) is 191 Å². The first-order valence-electron chi connectivity index (χ1n) is 18.7. The summed E-state index contributed by atoms with van der Waals surface area (Å²) in [6, 6.07) is 32.6. The predicted octanol–water partition coefficient (Wildman–Crippen LogP) is 5.62. The number of carbonyl (C=O) groups is 4. The van der Waals surface area contributed by atoms with Crippen LogP contribution in [0.1, 0.15) is 56.3 Å². The van der Waals surface area contributed by atoms with Gasteiger partial charge in [0.15, 0.2) is 5.60 Å². The lowest BCUT2D eigenvalue weighted by molar-refractivity contribution is -0.139. The summed E-state index contributed by atoms with van der Waals surface area (Å²) in [4.78, 5) is 57.0. The highest BCUT2D eigenvalue weighted by molar-refractivity contribution is 6.09. The van der Waals surface area contributed by atoms with Crippen LogP contribution in [0.15, 0.2) is 127 Å². The molecule has 0 fully saturated rings. The van der Waals surface area contributed by atoms with E-state index in [1.54, 1.807) is 115 Å². The molecule has 0 aliphatic carbocycles. The maximum atomic E-state index is 14.4. The van der Waals surface area contributed by atoms with Gasteiger partial charge < -0.3 is 42.1 Å². The van der Waals surface area contributed by atoms with Gasteiger partial charge >= 0.3 is 0 Å². The molecule has 7 rings (SSSR count). The molecule has 0 saturated carbocycles.